The Kier molecular flexibility index (Phi) is 2.57. The van der Waals surface area contributed by atoms with E-state index in [-0.39, 0.29) is 5.54 Å². The molecule has 1 aromatic carbocycles. The Bertz CT molecular complexity index is 347. The lowest BCUT2D eigenvalue weighted by molar-refractivity contribution is 0.415. The first-order chi connectivity index (χ1) is 7.13. The van der Waals surface area contributed by atoms with Gasteiger partial charge < -0.3 is 15.4 Å². The lowest BCUT2D eigenvalue weighted by Gasteiger charge is -2.23. The summed E-state index contributed by atoms with van der Waals surface area (Å²) in [4.78, 5) is 2.19. The highest BCUT2D eigenvalue weighted by Crippen LogP contribution is 2.34. The van der Waals surface area contributed by atoms with E-state index in [9.17, 15) is 0 Å². The van der Waals surface area contributed by atoms with Gasteiger partial charge in [-0.25, -0.2) is 0 Å². The minimum atomic E-state index is 0.0534. The molecule has 3 nitrogen and oxygen atoms in total. The Balaban J connectivity index is 2.07. The highest BCUT2D eigenvalue weighted by Gasteiger charge is 2.39. The fourth-order valence-corrected chi connectivity index (χ4v) is 1.73. The molecule has 0 aromatic heterocycles. The van der Waals surface area contributed by atoms with E-state index in [4.69, 9.17) is 10.5 Å². The fourth-order valence-electron chi connectivity index (χ4n) is 1.73. The van der Waals surface area contributed by atoms with Gasteiger partial charge in [0.2, 0.25) is 0 Å². The van der Waals surface area contributed by atoms with E-state index in [0.29, 0.717) is 0 Å². The van der Waals surface area contributed by atoms with Crippen LogP contribution in [0.2, 0.25) is 0 Å². The summed E-state index contributed by atoms with van der Waals surface area (Å²) in [7, 11) is 3.76. The third kappa shape index (κ3) is 2.42. The van der Waals surface area contributed by atoms with E-state index in [0.717, 1.165) is 30.8 Å². The van der Waals surface area contributed by atoms with Crippen LogP contribution >= 0.6 is 0 Å². The first-order valence-electron chi connectivity index (χ1n) is 5.27. The molecule has 2 N–H and O–H groups in total. The summed E-state index contributed by atoms with van der Waals surface area (Å²) in [5, 5.41) is 0. The second-order valence-electron chi connectivity index (χ2n) is 4.42. The molecule has 2 rings (SSSR count). The number of nitrogens with two attached hydrogens (primary N) is 1. The smallest absolute Gasteiger partial charge is 0.120 e. The normalized spacial score (nSPS) is 17.3. The molecule has 0 amide bonds. The lowest BCUT2D eigenvalue weighted by atomic mass is 10.2. The molecule has 1 aromatic rings. The van der Waals surface area contributed by atoms with Crippen molar-refractivity contribution < 1.29 is 4.74 Å². The maximum absolute atomic E-state index is 6.08. The van der Waals surface area contributed by atoms with Gasteiger partial charge in [0.05, 0.1) is 7.11 Å². The molecule has 3 heteroatoms. The Morgan fingerprint density at radius 2 is 2.20 bits per heavy atom. The van der Waals surface area contributed by atoms with Gasteiger partial charge in [-0.2, -0.15) is 0 Å². The van der Waals surface area contributed by atoms with E-state index in [1.54, 1.807) is 7.11 Å². The second kappa shape index (κ2) is 3.74. The standard InChI is InChI=1S/C12H18N2O/c1-14(9-12(13)6-7-12)10-4-3-5-11(8-10)15-2/h3-5,8H,6-7,9,13H2,1-2H3. The van der Waals surface area contributed by atoms with Gasteiger partial charge >= 0.3 is 0 Å². The van der Waals surface area contributed by atoms with Crippen molar-refractivity contribution in [3.8, 4) is 5.75 Å². The number of ether oxygens (including phenoxy) is 1. The van der Waals surface area contributed by atoms with Crippen LogP contribution in [-0.4, -0.2) is 26.2 Å². The molecule has 1 saturated carbocycles. The van der Waals surface area contributed by atoms with Crippen molar-refractivity contribution in [2.24, 2.45) is 5.73 Å². The Labute approximate surface area is 90.8 Å². The van der Waals surface area contributed by atoms with Gasteiger partial charge in [0.1, 0.15) is 5.75 Å². The largest absolute Gasteiger partial charge is 0.497 e. The van der Waals surface area contributed by atoms with Crippen molar-refractivity contribution in [3.63, 3.8) is 0 Å². The SMILES string of the molecule is COc1cccc(N(C)CC2(N)CC2)c1. The number of benzene rings is 1. The molecule has 0 unspecified atom stereocenters. The van der Waals surface area contributed by atoms with Crippen LogP contribution in [0.25, 0.3) is 0 Å². The van der Waals surface area contributed by atoms with Crippen LogP contribution in [0.5, 0.6) is 5.75 Å². The van der Waals surface area contributed by atoms with E-state index in [1.165, 1.54) is 0 Å². The molecule has 0 spiro atoms. The van der Waals surface area contributed by atoms with E-state index < -0.39 is 0 Å². The minimum Gasteiger partial charge on any atom is -0.497 e. The Hall–Kier alpha value is -1.22. The van der Waals surface area contributed by atoms with Gasteiger partial charge in [-0.3, -0.25) is 0 Å². The van der Waals surface area contributed by atoms with E-state index >= 15 is 0 Å². The molecule has 0 radical (unpaired) electrons. The highest BCUT2D eigenvalue weighted by molar-refractivity contribution is 5.50. The summed E-state index contributed by atoms with van der Waals surface area (Å²) >= 11 is 0. The number of hydrogen-bond acceptors (Lipinski definition) is 3. The maximum atomic E-state index is 6.08. The van der Waals surface area contributed by atoms with Crippen LogP contribution in [0, 0.1) is 0 Å². The predicted molar refractivity (Wildman–Crippen MR) is 62.4 cm³/mol. The lowest BCUT2D eigenvalue weighted by Crippen LogP contribution is -2.37. The monoisotopic (exact) mass is 206 g/mol. The molecule has 0 atom stereocenters. The molecular formula is C12H18N2O. The molecule has 1 aliphatic carbocycles. The van der Waals surface area contributed by atoms with Crippen molar-refractivity contribution in [2.75, 3.05) is 25.6 Å². The van der Waals surface area contributed by atoms with Crippen molar-refractivity contribution >= 4 is 5.69 Å². The number of anilines is 1. The maximum Gasteiger partial charge on any atom is 0.120 e. The zero-order chi connectivity index (χ0) is 10.9. The molecule has 82 valence electrons. The summed E-state index contributed by atoms with van der Waals surface area (Å²) in [6.45, 7) is 0.917. The van der Waals surface area contributed by atoms with E-state index in [2.05, 4.69) is 18.0 Å². The summed E-state index contributed by atoms with van der Waals surface area (Å²) in [5.74, 6) is 0.890. The number of methoxy groups -OCH3 is 1. The third-order valence-corrected chi connectivity index (χ3v) is 2.94. The first kappa shape index (κ1) is 10.3. The summed E-state index contributed by atoms with van der Waals surface area (Å²) < 4.78 is 5.19. The molecule has 1 fully saturated rings. The average molecular weight is 206 g/mol. The summed E-state index contributed by atoms with van der Waals surface area (Å²) in [5.41, 5.74) is 7.29. The zero-order valence-electron chi connectivity index (χ0n) is 9.36. The van der Waals surface area contributed by atoms with Crippen molar-refractivity contribution in [3.05, 3.63) is 24.3 Å². The van der Waals surface area contributed by atoms with Crippen LogP contribution in [0.1, 0.15) is 12.8 Å². The average Bonchev–Trinajstić information content (AvgIpc) is 2.96. The van der Waals surface area contributed by atoms with Crippen LogP contribution < -0.4 is 15.4 Å². The van der Waals surface area contributed by atoms with Gasteiger partial charge in [-0.15, -0.1) is 0 Å². The van der Waals surface area contributed by atoms with Crippen LogP contribution in [0.4, 0.5) is 5.69 Å². The highest BCUT2D eigenvalue weighted by atomic mass is 16.5. The molecule has 15 heavy (non-hydrogen) atoms. The van der Waals surface area contributed by atoms with Crippen molar-refractivity contribution in [1.82, 2.24) is 0 Å². The quantitative estimate of drug-likeness (QED) is 0.813. The molecular weight excluding hydrogens is 188 g/mol. The predicted octanol–water partition coefficient (Wildman–Crippen LogP) is 1.62. The van der Waals surface area contributed by atoms with Crippen LogP contribution in [0.15, 0.2) is 24.3 Å². The van der Waals surface area contributed by atoms with Gasteiger partial charge in [-0.1, -0.05) is 6.07 Å². The topological polar surface area (TPSA) is 38.5 Å². The van der Waals surface area contributed by atoms with Crippen LogP contribution in [0.3, 0.4) is 0 Å². The second-order valence-corrected chi connectivity index (χ2v) is 4.42. The van der Waals surface area contributed by atoms with Gasteiger partial charge in [-0.05, 0) is 25.0 Å². The molecule has 1 aliphatic rings. The molecule has 0 aliphatic heterocycles. The Morgan fingerprint density at radius 1 is 1.47 bits per heavy atom. The van der Waals surface area contributed by atoms with Gasteiger partial charge in [0.15, 0.2) is 0 Å². The van der Waals surface area contributed by atoms with Crippen molar-refractivity contribution in [2.45, 2.75) is 18.4 Å². The van der Waals surface area contributed by atoms with Gasteiger partial charge in [0.25, 0.3) is 0 Å². The van der Waals surface area contributed by atoms with Crippen LogP contribution in [-0.2, 0) is 0 Å². The van der Waals surface area contributed by atoms with E-state index in [1.807, 2.05) is 18.2 Å². The number of likely N-dealkylation sites (N-methyl/N-ethyl adjacent to an activating group) is 1. The molecule has 0 heterocycles. The zero-order valence-corrected chi connectivity index (χ0v) is 9.36. The number of rotatable bonds is 4. The van der Waals surface area contributed by atoms with Crippen molar-refractivity contribution in [1.29, 1.82) is 0 Å². The molecule has 0 saturated heterocycles. The Morgan fingerprint density at radius 3 is 2.80 bits per heavy atom. The summed E-state index contributed by atoms with van der Waals surface area (Å²) in [6.07, 6.45) is 2.28. The number of nitrogens with zero attached hydrogens (tertiary/aromatic N) is 1. The summed E-state index contributed by atoms with van der Waals surface area (Å²) in [6, 6.07) is 8.06. The first-order valence-corrected chi connectivity index (χ1v) is 5.27. The van der Waals surface area contributed by atoms with Gasteiger partial charge in [0, 0.05) is 30.9 Å². The molecule has 0 bridgehead atoms. The number of hydrogen-bond donors (Lipinski definition) is 1. The fraction of sp³-hybridized carbons (Fsp3) is 0.500. The minimum absolute atomic E-state index is 0.0534. The third-order valence-electron chi connectivity index (χ3n) is 2.94.